The van der Waals surface area contributed by atoms with Gasteiger partial charge < -0.3 is 5.73 Å². The van der Waals surface area contributed by atoms with Gasteiger partial charge in [-0.2, -0.15) is 4.68 Å². The van der Waals surface area contributed by atoms with E-state index in [2.05, 4.69) is 15.5 Å². The SMILES string of the molecule is NCc1nnnn1-c1ccc([N+](=O)[O-])cc1. The lowest BCUT2D eigenvalue weighted by atomic mass is 10.3. The average molecular weight is 220 g/mol. The summed E-state index contributed by atoms with van der Waals surface area (Å²) < 4.78 is 1.43. The van der Waals surface area contributed by atoms with Crippen LogP contribution in [0.25, 0.3) is 5.69 Å². The monoisotopic (exact) mass is 220 g/mol. The second kappa shape index (κ2) is 4.03. The number of hydrogen-bond acceptors (Lipinski definition) is 6. The van der Waals surface area contributed by atoms with Gasteiger partial charge >= 0.3 is 0 Å². The molecular weight excluding hydrogens is 212 g/mol. The highest BCUT2D eigenvalue weighted by atomic mass is 16.6. The van der Waals surface area contributed by atoms with Crippen LogP contribution in [0.1, 0.15) is 5.82 Å². The molecule has 0 amide bonds. The lowest BCUT2D eigenvalue weighted by molar-refractivity contribution is -0.384. The minimum atomic E-state index is -0.465. The van der Waals surface area contributed by atoms with Crippen LogP contribution in [0, 0.1) is 10.1 Å². The summed E-state index contributed by atoms with van der Waals surface area (Å²) in [5.41, 5.74) is 6.09. The number of nitrogens with two attached hydrogens (primary N) is 1. The van der Waals surface area contributed by atoms with Crippen LogP contribution in [0.5, 0.6) is 0 Å². The Hall–Kier alpha value is -2.35. The van der Waals surface area contributed by atoms with Crippen molar-refractivity contribution >= 4 is 5.69 Å². The van der Waals surface area contributed by atoms with Crippen molar-refractivity contribution in [3.05, 3.63) is 40.2 Å². The first-order valence-electron chi connectivity index (χ1n) is 4.44. The Morgan fingerprint density at radius 1 is 1.38 bits per heavy atom. The highest BCUT2D eigenvalue weighted by Crippen LogP contribution is 2.14. The van der Waals surface area contributed by atoms with Gasteiger partial charge in [0.15, 0.2) is 5.82 Å². The summed E-state index contributed by atoms with van der Waals surface area (Å²) in [7, 11) is 0. The number of benzene rings is 1. The number of tetrazole rings is 1. The molecule has 2 rings (SSSR count). The molecule has 8 nitrogen and oxygen atoms in total. The van der Waals surface area contributed by atoms with Gasteiger partial charge in [0.2, 0.25) is 0 Å². The van der Waals surface area contributed by atoms with Crippen LogP contribution in [0.2, 0.25) is 0 Å². The number of rotatable bonds is 3. The van der Waals surface area contributed by atoms with Gasteiger partial charge in [0.05, 0.1) is 17.2 Å². The molecule has 0 spiro atoms. The molecule has 0 saturated heterocycles. The van der Waals surface area contributed by atoms with E-state index >= 15 is 0 Å². The maximum Gasteiger partial charge on any atom is 0.269 e. The van der Waals surface area contributed by atoms with Gasteiger partial charge in [-0.25, -0.2) is 0 Å². The zero-order chi connectivity index (χ0) is 11.5. The molecule has 0 bridgehead atoms. The Bertz CT molecular complexity index is 506. The molecular formula is C8H8N6O2. The Kier molecular flexibility index (Phi) is 2.56. The second-order valence-electron chi connectivity index (χ2n) is 2.98. The van der Waals surface area contributed by atoms with Crippen molar-refractivity contribution in [1.29, 1.82) is 0 Å². The van der Waals surface area contributed by atoms with Crippen molar-refractivity contribution in [2.24, 2.45) is 5.73 Å². The van der Waals surface area contributed by atoms with E-state index in [1.54, 1.807) is 12.1 Å². The van der Waals surface area contributed by atoms with Crippen molar-refractivity contribution in [3.8, 4) is 5.69 Å². The zero-order valence-corrected chi connectivity index (χ0v) is 8.15. The maximum absolute atomic E-state index is 10.5. The minimum Gasteiger partial charge on any atom is -0.324 e. The first kappa shape index (κ1) is 10.2. The quantitative estimate of drug-likeness (QED) is 0.576. The van der Waals surface area contributed by atoms with Crippen molar-refractivity contribution in [2.45, 2.75) is 6.54 Å². The van der Waals surface area contributed by atoms with E-state index in [4.69, 9.17) is 5.73 Å². The summed E-state index contributed by atoms with van der Waals surface area (Å²) in [6.07, 6.45) is 0. The Balaban J connectivity index is 2.38. The van der Waals surface area contributed by atoms with Gasteiger partial charge in [0, 0.05) is 12.1 Å². The van der Waals surface area contributed by atoms with Gasteiger partial charge in [-0.05, 0) is 22.6 Å². The summed E-state index contributed by atoms with van der Waals surface area (Å²) >= 11 is 0. The highest BCUT2D eigenvalue weighted by molar-refractivity contribution is 5.40. The summed E-state index contributed by atoms with van der Waals surface area (Å²) in [4.78, 5) is 10.00. The van der Waals surface area contributed by atoms with Crippen LogP contribution >= 0.6 is 0 Å². The van der Waals surface area contributed by atoms with Gasteiger partial charge in [-0.1, -0.05) is 0 Å². The van der Waals surface area contributed by atoms with E-state index in [-0.39, 0.29) is 12.2 Å². The van der Waals surface area contributed by atoms with Gasteiger partial charge in [-0.15, -0.1) is 5.10 Å². The molecule has 1 aromatic carbocycles. The van der Waals surface area contributed by atoms with Gasteiger partial charge in [0.1, 0.15) is 0 Å². The highest BCUT2D eigenvalue weighted by Gasteiger charge is 2.08. The first-order valence-corrected chi connectivity index (χ1v) is 4.44. The third-order valence-corrected chi connectivity index (χ3v) is 2.02. The predicted molar refractivity (Wildman–Crippen MR) is 53.7 cm³/mol. The number of aromatic nitrogens is 4. The summed E-state index contributed by atoms with van der Waals surface area (Å²) in [5.74, 6) is 0.494. The van der Waals surface area contributed by atoms with Crippen molar-refractivity contribution in [3.63, 3.8) is 0 Å². The summed E-state index contributed by atoms with van der Waals surface area (Å²) in [6.45, 7) is 0.198. The summed E-state index contributed by atoms with van der Waals surface area (Å²) in [5, 5.41) is 21.4. The molecule has 0 radical (unpaired) electrons. The normalized spacial score (nSPS) is 10.3. The number of nitro benzene ring substituents is 1. The Labute approximate surface area is 89.8 Å². The van der Waals surface area contributed by atoms with Gasteiger partial charge in [0.25, 0.3) is 5.69 Å². The maximum atomic E-state index is 10.5. The predicted octanol–water partition coefficient (Wildman–Crippen LogP) is 0.0292. The molecule has 1 heterocycles. The molecule has 1 aromatic heterocycles. The zero-order valence-electron chi connectivity index (χ0n) is 8.15. The average Bonchev–Trinajstić information content (AvgIpc) is 2.77. The number of hydrogen-bond donors (Lipinski definition) is 1. The van der Waals surface area contributed by atoms with Crippen molar-refractivity contribution in [2.75, 3.05) is 0 Å². The van der Waals surface area contributed by atoms with Crippen LogP contribution in [-0.2, 0) is 6.54 Å². The van der Waals surface area contributed by atoms with Crippen LogP contribution in [-0.4, -0.2) is 25.1 Å². The molecule has 8 heteroatoms. The van der Waals surface area contributed by atoms with Gasteiger partial charge in [-0.3, -0.25) is 10.1 Å². The van der Waals surface area contributed by atoms with E-state index in [9.17, 15) is 10.1 Å². The summed E-state index contributed by atoms with van der Waals surface area (Å²) in [6, 6.07) is 5.90. The molecule has 0 saturated carbocycles. The Morgan fingerprint density at radius 3 is 2.62 bits per heavy atom. The number of nitrogens with zero attached hydrogens (tertiary/aromatic N) is 5. The van der Waals surface area contributed by atoms with Crippen LogP contribution in [0.15, 0.2) is 24.3 Å². The lowest BCUT2D eigenvalue weighted by Crippen LogP contribution is -2.07. The molecule has 0 atom stereocenters. The lowest BCUT2D eigenvalue weighted by Gasteiger charge is -2.01. The standard InChI is InChI=1S/C8H8N6O2/c9-5-8-10-11-12-13(8)6-1-3-7(4-2-6)14(15)16/h1-4H,5,9H2. The topological polar surface area (TPSA) is 113 Å². The third-order valence-electron chi connectivity index (χ3n) is 2.02. The molecule has 0 aliphatic carbocycles. The molecule has 2 N–H and O–H groups in total. The molecule has 16 heavy (non-hydrogen) atoms. The van der Waals surface area contributed by atoms with E-state index in [1.165, 1.54) is 16.8 Å². The fourth-order valence-electron chi connectivity index (χ4n) is 1.25. The molecule has 0 aliphatic rings. The third kappa shape index (κ3) is 1.73. The molecule has 0 aliphatic heterocycles. The smallest absolute Gasteiger partial charge is 0.269 e. The molecule has 82 valence electrons. The first-order chi connectivity index (χ1) is 7.72. The number of nitro groups is 1. The molecule has 2 aromatic rings. The van der Waals surface area contributed by atoms with Crippen LogP contribution in [0.3, 0.4) is 0 Å². The van der Waals surface area contributed by atoms with E-state index in [1.807, 2.05) is 0 Å². The van der Waals surface area contributed by atoms with Crippen LogP contribution < -0.4 is 5.73 Å². The fraction of sp³-hybridized carbons (Fsp3) is 0.125. The fourth-order valence-corrected chi connectivity index (χ4v) is 1.25. The molecule has 0 unspecified atom stereocenters. The number of non-ortho nitro benzene ring substituents is 1. The second-order valence-corrected chi connectivity index (χ2v) is 2.98. The Morgan fingerprint density at radius 2 is 2.06 bits per heavy atom. The van der Waals surface area contributed by atoms with E-state index in [0.717, 1.165) is 0 Å². The van der Waals surface area contributed by atoms with Crippen molar-refractivity contribution in [1.82, 2.24) is 20.2 Å². The van der Waals surface area contributed by atoms with Crippen molar-refractivity contribution < 1.29 is 4.92 Å². The van der Waals surface area contributed by atoms with Crippen LogP contribution in [0.4, 0.5) is 5.69 Å². The largest absolute Gasteiger partial charge is 0.324 e. The minimum absolute atomic E-state index is 0.0196. The van der Waals surface area contributed by atoms with E-state index < -0.39 is 4.92 Å². The molecule has 0 fully saturated rings. The van der Waals surface area contributed by atoms with E-state index in [0.29, 0.717) is 11.5 Å².